The highest BCUT2D eigenvalue weighted by atomic mass is 35.5. The number of carbonyl (C=O) groups is 1. The van der Waals surface area contributed by atoms with Gasteiger partial charge in [-0.2, -0.15) is 0 Å². The lowest BCUT2D eigenvalue weighted by Gasteiger charge is -2.36. The molecule has 0 bridgehead atoms. The molecule has 0 aromatic heterocycles. The van der Waals surface area contributed by atoms with E-state index in [2.05, 4.69) is 5.32 Å². The largest absolute Gasteiger partial charge is 0.488 e. The van der Waals surface area contributed by atoms with Gasteiger partial charge in [-0.05, 0) is 44.3 Å². The van der Waals surface area contributed by atoms with Gasteiger partial charge in [0.15, 0.2) is 10.9 Å². The van der Waals surface area contributed by atoms with E-state index in [1.807, 2.05) is 44.3 Å². The van der Waals surface area contributed by atoms with Gasteiger partial charge in [0.1, 0.15) is 12.4 Å². The number of halogens is 2. The Balaban J connectivity index is 1.95. The molecule has 1 heterocycles. The standard InChI is InChI=1S/C21H20Cl2N2O2S/c1-12-19(13(2)26)20(24-21(28)25(12)3)16-6-4-5-7-18(16)27-11-14-8-9-15(22)10-17(14)23/h4-10,20H,11H2,1-3H3,(H,24,28). The first kappa shape index (κ1) is 20.6. The summed E-state index contributed by atoms with van der Waals surface area (Å²) in [5.74, 6) is 0.643. The van der Waals surface area contributed by atoms with Gasteiger partial charge in [0.05, 0.1) is 6.04 Å². The minimum atomic E-state index is -0.377. The number of nitrogens with zero attached hydrogens (tertiary/aromatic N) is 1. The maximum Gasteiger partial charge on any atom is 0.173 e. The molecular formula is C21H20Cl2N2O2S. The maximum absolute atomic E-state index is 12.4. The average molecular weight is 435 g/mol. The Morgan fingerprint density at radius 1 is 1.25 bits per heavy atom. The zero-order valence-corrected chi connectivity index (χ0v) is 18.1. The van der Waals surface area contributed by atoms with E-state index in [0.29, 0.717) is 26.5 Å². The third-order valence-corrected chi connectivity index (χ3v) is 5.74. The molecule has 4 nitrogen and oxygen atoms in total. The molecular weight excluding hydrogens is 415 g/mol. The predicted molar refractivity (Wildman–Crippen MR) is 117 cm³/mol. The molecule has 0 saturated heterocycles. The van der Waals surface area contributed by atoms with Crippen LogP contribution in [0.15, 0.2) is 53.7 Å². The third kappa shape index (κ3) is 4.17. The Bertz CT molecular complexity index is 975. The van der Waals surface area contributed by atoms with Crippen LogP contribution >= 0.6 is 35.4 Å². The smallest absolute Gasteiger partial charge is 0.173 e. The van der Waals surface area contributed by atoms with E-state index >= 15 is 0 Å². The Morgan fingerprint density at radius 2 is 1.96 bits per heavy atom. The number of hydrogen-bond acceptors (Lipinski definition) is 3. The zero-order valence-electron chi connectivity index (χ0n) is 15.8. The summed E-state index contributed by atoms with van der Waals surface area (Å²) in [5.41, 5.74) is 3.16. The van der Waals surface area contributed by atoms with Crippen molar-refractivity contribution in [1.82, 2.24) is 10.2 Å². The number of thiocarbonyl (C=S) groups is 1. The van der Waals surface area contributed by atoms with Crippen LogP contribution in [0.5, 0.6) is 5.75 Å². The molecule has 2 aromatic rings. The van der Waals surface area contributed by atoms with Gasteiger partial charge in [-0.1, -0.05) is 47.5 Å². The van der Waals surface area contributed by atoms with Crippen molar-refractivity contribution in [3.05, 3.63) is 74.9 Å². The molecule has 1 unspecified atom stereocenters. The first-order valence-electron chi connectivity index (χ1n) is 8.71. The minimum Gasteiger partial charge on any atom is -0.488 e. The number of ether oxygens (including phenoxy) is 1. The third-order valence-electron chi connectivity index (χ3n) is 4.76. The van der Waals surface area contributed by atoms with Gasteiger partial charge in [0.2, 0.25) is 0 Å². The highest BCUT2D eigenvalue weighted by Gasteiger charge is 2.32. The topological polar surface area (TPSA) is 41.6 Å². The van der Waals surface area contributed by atoms with Crippen molar-refractivity contribution in [1.29, 1.82) is 0 Å². The van der Waals surface area contributed by atoms with Crippen molar-refractivity contribution in [2.75, 3.05) is 7.05 Å². The Labute approximate surface area is 180 Å². The lowest BCUT2D eigenvalue weighted by molar-refractivity contribution is -0.114. The van der Waals surface area contributed by atoms with Crippen LogP contribution < -0.4 is 10.1 Å². The van der Waals surface area contributed by atoms with Crippen LogP contribution in [0.2, 0.25) is 10.0 Å². The number of rotatable bonds is 5. The highest BCUT2D eigenvalue weighted by molar-refractivity contribution is 7.80. The average Bonchev–Trinajstić information content (AvgIpc) is 2.65. The van der Waals surface area contributed by atoms with Crippen LogP contribution in [0.3, 0.4) is 0 Å². The number of benzene rings is 2. The first-order valence-corrected chi connectivity index (χ1v) is 9.87. The summed E-state index contributed by atoms with van der Waals surface area (Å²) in [5, 5.41) is 4.93. The SMILES string of the molecule is CC(=O)C1=C(C)N(C)C(=S)NC1c1ccccc1OCc1ccc(Cl)cc1Cl. The number of Topliss-reactive ketones (excluding diaryl/α,β-unsaturated/α-hetero) is 1. The van der Waals surface area contributed by atoms with Crippen LogP contribution in [0.25, 0.3) is 0 Å². The van der Waals surface area contributed by atoms with Gasteiger partial charge >= 0.3 is 0 Å². The Kier molecular flexibility index (Phi) is 6.28. The maximum atomic E-state index is 12.4. The lowest BCUT2D eigenvalue weighted by Crippen LogP contribution is -2.45. The normalized spacial score (nSPS) is 16.8. The summed E-state index contributed by atoms with van der Waals surface area (Å²) in [4.78, 5) is 14.2. The van der Waals surface area contributed by atoms with Crippen molar-refractivity contribution >= 4 is 46.3 Å². The van der Waals surface area contributed by atoms with Crippen LogP contribution in [-0.2, 0) is 11.4 Å². The van der Waals surface area contributed by atoms with Gasteiger partial charge in [-0.25, -0.2) is 0 Å². The van der Waals surface area contributed by atoms with Crippen LogP contribution in [0.4, 0.5) is 0 Å². The molecule has 1 aliphatic heterocycles. The molecule has 0 saturated carbocycles. The molecule has 7 heteroatoms. The molecule has 3 rings (SSSR count). The van der Waals surface area contributed by atoms with Crippen LogP contribution in [-0.4, -0.2) is 22.8 Å². The molecule has 146 valence electrons. The molecule has 0 fully saturated rings. The van der Waals surface area contributed by atoms with Crippen molar-refractivity contribution in [2.45, 2.75) is 26.5 Å². The van der Waals surface area contributed by atoms with Crippen LogP contribution in [0, 0.1) is 0 Å². The summed E-state index contributed by atoms with van der Waals surface area (Å²) in [6.07, 6.45) is 0. The lowest BCUT2D eigenvalue weighted by atomic mass is 9.92. The van der Waals surface area contributed by atoms with E-state index in [-0.39, 0.29) is 18.4 Å². The van der Waals surface area contributed by atoms with Crippen LogP contribution in [0.1, 0.15) is 31.0 Å². The second-order valence-corrected chi connectivity index (χ2v) is 7.79. The molecule has 0 aliphatic carbocycles. The van der Waals surface area contributed by atoms with Gasteiger partial charge in [-0.15, -0.1) is 0 Å². The monoisotopic (exact) mass is 434 g/mol. The highest BCUT2D eigenvalue weighted by Crippen LogP contribution is 2.35. The van der Waals surface area contributed by atoms with E-state index in [9.17, 15) is 4.79 Å². The molecule has 1 N–H and O–H groups in total. The predicted octanol–water partition coefficient (Wildman–Crippen LogP) is 5.30. The molecule has 1 aliphatic rings. The fourth-order valence-corrected chi connectivity index (χ4v) is 3.89. The van der Waals surface area contributed by atoms with Crippen molar-refractivity contribution in [3.8, 4) is 5.75 Å². The molecule has 28 heavy (non-hydrogen) atoms. The number of allylic oxidation sites excluding steroid dienone is 1. The molecule has 0 amide bonds. The minimum absolute atomic E-state index is 0.0140. The van der Waals surface area contributed by atoms with Gasteiger partial charge in [-0.3, -0.25) is 4.79 Å². The van der Waals surface area contributed by atoms with Crippen molar-refractivity contribution < 1.29 is 9.53 Å². The quantitative estimate of drug-likeness (QED) is 0.646. The summed E-state index contributed by atoms with van der Waals surface area (Å²) >= 11 is 17.6. The molecule has 0 spiro atoms. The Hall–Kier alpha value is -2.08. The van der Waals surface area contributed by atoms with E-state index in [1.54, 1.807) is 24.0 Å². The summed E-state index contributed by atoms with van der Waals surface area (Å²) in [6.45, 7) is 3.74. The van der Waals surface area contributed by atoms with Gasteiger partial charge < -0.3 is 15.0 Å². The number of hydrogen-bond donors (Lipinski definition) is 1. The van der Waals surface area contributed by atoms with Crippen molar-refractivity contribution in [3.63, 3.8) is 0 Å². The fourth-order valence-electron chi connectivity index (χ4n) is 3.17. The second kappa shape index (κ2) is 8.52. The van der Waals surface area contributed by atoms with E-state index in [4.69, 9.17) is 40.2 Å². The Morgan fingerprint density at radius 3 is 2.64 bits per heavy atom. The summed E-state index contributed by atoms with van der Waals surface area (Å²) in [6, 6.07) is 12.5. The fraction of sp³-hybridized carbons (Fsp3) is 0.238. The van der Waals surface area contributed by atoms with Crippen molar-refractivity contribution in [2.24, 2.45) is 0 Å². The molecule has 2 aromatic carbocycles. The van der Waals surface area contributed by atoms with Gasteiger partial charge in [0, 0.05) is 39.5 Å². The molecule has 1 atom stereocenters. The summed E-state index contributed by atoms with van der Waals surface area (Å²) < 4.78 is 6.06. The van der Waals surface area contributed by atoms with Gasteiger partial charge in [0.25, 0.3) is 0 Å². The van der Waals surface area contributed by atoms with E-state index < -0.39 is 0 Å². The number of ketones is 1. The zero-order chi connectivity index (χ0) is 20.4. The number of carbonyl (C=O) groups excluding carboxylic acids is 1. The second-order valence-electron chi connectivity index (χ2n) is 6.56. The first-order chi connectivity index (χ1) is 13.3. The van der Waals surface area contributed by atoms with E-state index in [0.717, 1.165) is 16.8 Å². The molecule has 0 radical (unpaired) electrons. The number of para-hydroxylation sites is 1. The van der Waals surface area contributed by atoms with E-state index in [1.165, 1.54) is 0 Å². The summed E-state index contributed by atoms with van der Waals surface area (Å²) in [7, 11) is 1.84. The number of nitrogens with one attached hydrogen (secondary N) is 1.